The van der Waals surface area contributed by atoms with Gasteiger partial charge in [0, 0.05) is 25.9 Å². The maximum atomic E-state index is 10.6. The second-order valence-corrected chi connectivity index (χ2v) is 2.78. The van der Waals surface area contributed by atoms with Crippen LogP contribution in [-0.4, -0.2) is 10.9 Å². The number of hydrogen-bond acceptors (Lipinski definition) is 2. The Kier molecular flexibility index (Phi) is 12.4. The quantitative estimate of drug-likeness (QED) is 0.838. The molecule has 0 aliphatic heterocycles. The summed E-state index contributed by atoms with van der Waals surface area (Å²) in [6.07, 6.45) is 3.54. The molecule has 0 saturated heterocycles. The summed E-state index contributed by atoms with van der Waals surface area (Å²) in [6, 6.07) is 2.00. The van der Waals surface area contributed by atoms with Crippen LogP contribution in [0, 0.1) is 6.92 Å². The summed E-state index contributed by atoms with van der Waals surface area (Å²) < 4.78 is 0. The van der Waals surface area contributed by atoms with Crippen LogP contribution in [0.1, 0.15) is 45.7 Å². The molecule has 1 aromatic heterocycles. The molecule has 0 atom stereocenters. The van der Waals surface area contributed by atoms with Crippen LogP contribution in [0.3, 0.4) is 0 Å². The average Bonchev–Trinajstić information content (AvgIpc) is 2.32. The van der Waals surface area contributed by atoms with E-state index < -0.39 is 0 Å². The van der Waals surface area contributed by atoms with E-state index >= 15 is 0 Å². The number of carbonyl (C=O) groups is 1. The zero-order valence-electron chi connectivity index (χ0n) is 11.3. The highest BCUT2D eigenvalue weighted by Crippen LogP contribution is 1.99. The van der Waals surface area contributed by atoms with Gasteiger partial charge in [0.2, 0.25) is 5.91 Å². The van der Waals surface area contributed by atoms with Gasteiger partial charge in [0.1, 0.15) is 0 Å². The molecule has 0 fully saturated rings. The lowest BCUT2D eigenvalue weighted by Gasteiger charge is -2.01. The highest BCUT2D eigenvalue weighted by atomic mass is 16.1. The van der Waals surface area contributed by atoms with Crippen molar-refractivity contribution >= 4 is 5.91 Å². The maximum absolute atomic E-state index is 10.6. The van der Waals surface area contributed by atoms with E-state index in [0.29, 0.717) is 6.54 Å². The first kappa shape index (κ1) is 17.0. The standard InChI is InChI=1S/C9H12N2O.2C2H6/c1-7-3-9(5-10-4-7)6-11-8(2)12;2*1-2/h3-5H,6H2,1-2H3,(H,11,12);2*1-2H3. The summed E-state index contributed by atoms with van der Waals surface area (Å²) in [7, 11) is 0. The highest BCUT2D eigenvalue weighted by molar-refractivity contribution is 5.72. The molecule has 16 heavy (non-hydrogen) atoms. The molecular weight excluding hydrogens is 200 g/mol. The summed E-state index contributed by atoms with van der Waals surface area (Å²) in [5.41, 5.74) is 2.14. The predicted molar refractivity (Wildman–Crippen MR) is 69.2 cm³/mol. The van der Waals surface area contributed by atoms with Crippen LogP contribution >= 0.6 is 0 Å². The van der Waals surface area contributed by atoms with Gasteiger partial charge in [-0.05, 0) is 18.1 Å². The summed E-state index contributed by atoms with van der Waals surface area (Å²) in [5.74, 6) is -0.0171. The lowest BCUT2D eigenvalue weighted by atomic mass is 10.2. The molecule has 0 radical (unpaired) electrons. The van der Waals surface area contributed by atoms with E-state index in [-0.39, 0.29) is 5.91 Å². The monoisotopic (exact) mass is 224 g/mol. The Hall–Kier alpha value is -1.38. The molecule has 1 amide bonds. The normalized spacial score (nSPS) is 7.88. The van der Waals surface area contributed by atoms with Gasteiger partial charge in [-0.15, -0.1) is 0 Å². The van der Waals surface area contributed by atoms with Crippen molar-refractivity contribution in [2.75, 3.05) is 0 Å². The minimum Gasteiger partial charge on any atom is -0.352 e. The molecule has 1 rings (SSSR count). The molecule has 0 aliphatic carbocycles. The third-order valence-corrected chi connectivity index (χ3v) is 1.47. The topological polar surface area (TPSA) is 42.0 Å². The van der Waals surface area contributed by atoms with Crippen LogP contribution in [0.2, 0.25) is 0 Å². The van der Waals surface area contributed by atoms with Crippen molar-refractivity contribution in [2.45, 2.75) is 48.1 Å². The number of aryl methyl sites for hydroxylation is 1. The molecule has 1 N–H and O–H groups in total. The molecule has 0 unspecified atom stereocenters. The van der Waals surface area contributed by atoms with E-state index in [1.54, 1.807) is 12.4 Å². The van der Waals surface area contributed by atoms with Crippen LogP contribution in [-0.2, 0) is 11.3 Å². The molecule has 1 heterocycles. The highest BCUT2D eigenvalue weighted by Gasteiger charge is 1.94. The largest absolute Gasteiger partial charge is 0.352 e. The van der Waals surface area contributed by atoms with Gasteiger partial charge in [0.25, 0.3) is 0 Å². The molecule has 92 valence electrons. The van der Waals surface area contributed by atoms with Gasteiger partial charge in [0.15, 0.2) is 0 Å². The van der Waals surface area contributed by atoms with E-state index in [0.717, 1.165) is 11.1 Å². The van der Waals surface area contributed by atoms with Gasteiger partial charge in [-0.3, -0.25) is 9.78 Å². The first-order chi connectivity index (χ1) is 7.68. The zero-order chi connectivity index (χ0) is 13.0. The number of nitrogens with zero attached hydrogens (tertiary/aromatic N) is 1. The van der Waals surface area contributed by atoms with E-state index in [4.69, 9.17) is 0 Å². The third kappa shape index (κ3) is 9.19. The Morgan fingerprint density at radius 2 is 1.81 bits per heavy atom. The lowest BCUT2D eigenvalue weighted by Crippen LogP contribution is -2.18. The van der Waals surface area contributed by atoms with Gasteiger partial charge in [0.05, 0.1) is 0 Å². The van der Waals surface area contributed by atoms with Crippen LogP contribution in [0.15, 0.2) is 18.5 Å². The Labute approximate surface area is 99.3 Å². The number of nitrogens with one attached hydrogen (secondary N) is 1. The molecule has 0 saturated carbocycles. The number of pyridine rings is 1. The summed E-state index contributed by atoms with van der Waals surface area (Å²) in [6.45, 7) is 12.0. The van der Waals surface area contributed by atoms with Gasteiger partial charge in [-0.25, -0.2) is 0 Å². The van der Waals surface area contributed by atoms with E-state index in [2.05, 4.69) is 10.3 Å². The third-order valence-electron chi connectivity index (χ3n) is 1.47. The number of carbonyl (C=O) groups excluding carboxylic acids is 1. The first-order valence-electron chi connectivity index (χ1n) is 5.83. The second-order valence-electron chi connectivity index (χ2n) is 2.78. The van der Waals surface area contributed by atoms with Crippen molar-refractivity contribution < 1.29 is 4.79 Å². The van der Waals surface area contributed by atoms with Crippen LogP contribution < -0.4 is 5.32 Å². The maximum Gasteiger partial charge on any atom is 0.217 e. The van der Waals surface area contributed by atoms with Crippen molar-refractivity contribution in [3.63, 3.8) is 0 Å². The van der Waals surface area contributed by atoms with Gasteiger partial charge >= 0.3 is 0 Å². The second kappa shape index (κ2) is 11.7. The Bertz CT molecular complexity index is 285. The first-order valence-corrected chi connectivity index (χ1v) is 5.83. The van der Waals surface area contributed by atoms with Crippen LogP contribution in [0.5, 0.6) is 0 Å². The minimum absolute atomic E-state index is 0.0171. The molecule has 0 spiro atoms. The molecule has 3 heteroatoms. The van der Waals surface area contributed by atoms with Gasteiger partial charge < -0.3 is 5.32 Å². The zero-order valence-corrected chi connectivity index (χ0v) is 11.3. The molecule has 0 bridgehead atoms. The SMILES string of the molecule is CC.CC.CC(=O)NCc1cncc(C)c1. The lowest BCUT2D eigenvalue weighted by molar-refractivity contribution is -0.119. The van der Waals surface area contributed by atoms with Crippen LogP contribution in [0.4, 0.5) is 0 Å². The average molecular weight is 224 g/mol. The Balaban J connectivity index is 0. The minimum atomic E-state index is -0.0171. The van der Waals surface area contributed by atoms with Gasteiger partial charge in [-0.1, -0.05) is 33.8 Å². The molecule has 0 aliphatic rings. The molecule has 3 nitrogen and oxygen atoms in total. The number of aromatic nitrogens is 1. The molecule has 0 aromatic carbocycles. The number of hydrogen-bond donors (Lipinski definition) is 1. The fourth-order valence-corrected chi connectivity index (χ4v) is 0.941. The predicted octanol–water partition coefficient (Wildman–Crippen LogP) is 3.08. The smallest absolute Gasteiger partial charge is 0.217 e. The fourth-order valence-electron chi connectivity index (χ4n) is 0.941. The molecule has 1 aromatic rings. The van der Waals surface area contributed by atoms with Crippen molar-refractivity contribution in [3.05, 3.63) is 29.6 Å². The van der Waals surface area contributed by atoms with E-state index in [1.165, 1.54) is 6.92 Å². The van der Waals surface area contributed by atoms with Crippen molar-refractivity contribution in [3.8, 4) is 0 Å². The van der Waals surface area contributed by atoms with Gasteiger partial charge in [-0.2, -0.15) is 0 Å². The molecular formula is C13H24N2O. The number of rotatable bonds is 2. The Morgan fingerprint density at radius 3 is 2.25 bits per heavy atom. The summed E-state index contributed by atoms with van der Waals surface area (Å²) in [5, 5.41) is 2.71. The Morgan fingerprint density at radius 1 is 1.25 bits per heavy atom. The van der Waals surface area contributed by atoms with E-state index in [1.807, 2.05) is 40.7 Å². The van der Waals surface area contributed by atoms with Crippen LogP contribution in [0.25, 0.3) is 0 Å². The van der Waals surface area contributed by atoms with Crippen molar-refractivity contribution in [1.82, 2.24) is 10.3 Å². The van der Waals surface area contributed by atoms with E-state index in [9.17, 15) is 4.79 Å². The number of amides is 1. The van der Waals surface area contributed by atoms with Crippen molar-refractivity contribution in [1.29, 1.82) is 0 Å². The fraction of sp³-hybridized carbons (Fsp3) is 0.538. The van der Waals surface area contributed by atoms with Crippen molar-refractivity contribution in [2.24, 2.45) is 0 Å². The summed E-state index contributed by atoms with van der Waals surface area (Å²) >= 11 is 0. The summed E-state index contributed by atoms with van der Waals surface area (Å²) in [4.78, 5) is 14.6.